The van der Waals surface area contributed by atoms with Crippen molar-refractivity contribution in [2.45, 2.75) is 6.54 Å². The number of fused-ring (bicyclic) bond motifs is 3. The molecule has 10 heteroatoms. The van der Waals surface area contributed by atoms with Gasteiger partial charge in [-0.1, -0.05) is 18.2 Å². The van der Waals surface area contributed by atoms with Gasteiger partial charge in [0.05, 0.1) is 29.9 Å². The van der Waals surface area contributed by atoms with Gasteiger partial charge in [-0.3, -0.25) is 4.79 Å². The van der Waals surface area contributed by atoms with Gasteiger partial charge in [0.2, 0.25) is 5.95 Å². The Morgan fingerprint density at radius 3 is 2.73 bits per heavy atom. The highest BCUT2D eigenvalue weighted by Crippen LogP contribution is 2.38. The summed E-state index contributed by atoms with van der Waals surface area (Å²) in [5, 5.41) is 7.59. The Morgan fingerprint density at radius 1 is 1.14 bits per heavy atom. The lowest BCUT2D eigenvalue weighted by atomic mass is 10.1. The van der Waals surface area contributed by atoms with Crippen molar-refractivity contribution < 1.29 is 9.53 Å². The summed E-state index contributed by atoms with van der Waals surface area (Å²) < 4.78 is 7.71. The number of carbonyl (C=O) groups excluding carboxylic acids is 1. The largest absolute Gasteiger partial charge is 0.494 e. The zero-order valence-electron chi connectivity index (χ0n) is 21.6. The highest BCUT2D eigenvalue weighted by Gasteiger charge is 2.30. The van der Waals surface area contributed by atoms with Crippen LogP contribution in [0.15, 0.2) is 48.7 Å². The van der Waals surface area contributed by atoms with E-state index in [1.54, 1.807) is 24.3 Å². The SMILES string of the molecule is COc1cc(NCCN(C)C)c(N)cc1Nc1nccc(-c2c3n(c4ccccc24)CCN(C)C3=O)n1. The number of hydrogen-bond acceptors (Lipinski definition) is 8. The van der Waals surface area contributed by atoms with Gasteiger partial charge in [-0.05, 0) is 32.3 Å². The van der Waals surface area contributed by atoms with E-state index in [0.717, 1.165) is 41.8 Å². The number of amides is 1. The molecule has 1 aliphatic heterocycles. The van der Waals surface area contributed by atoms with Crippen LogP contribution < -0.4 is 21.1 Å². The molecule has 1 amide bonds. The number of anilines is 4. The Hall–Kier alpha value is -4.31. The molecule has 0 radical (unpaired) electrons. The van der Waals surface area contributed by atoms with Crippen LogP contribution in [0.5, 0.6) is 5.75 Å². The maximum atomic E-state index is 13.2. The molecule has 0 saturated heterocycles. The number of hydrogen-bond donors (Lipinski definition) is 3. The van der Waals surface area contributed by atoms with Gasteiger partial charge in [-0.25, -0.2) is 9.97 Å². The number of para-hydroxylation sites is 1. The molecule has 4 N–H and O–H groups in total. The number of benzene rings is 2. The molecular formula is C27H32N8O2. The van der Waals surface area contributed by atoms with E-state index >= 15 is 0 Å². The smallest absolute Gasteiger partial charge is 0.271 e. The van der Waals surface area contributed by atoms with E-state index in [-0.39, 0.29) is 5.91 Å². The van der Waals surface area contributed by atoms with Crippen molar-refractivity contribution in [3.8, 4) is 17.0 Å². The summed E-state index contributed by atoms with van der Waals surface area (Å²) in [7, 11) is 7.48. The van der Waals surface area contributed by atoms with E-state index in [0.29, 0.717) is 41.0 Å². The third-order valence-corrected chi connectivity index (χ3v) is 6.58. The van der Waals surface area contributed by atoms with Crippen molar-refractivity contribution >= 4 is 39.8 Å². The number of nitrogens with one attached hydrogen (secondary N) is 2. The number of aromatic nitrogens is 3. The van der Waals surface area contributed by atoms with Crippen LogP contribution in [-0.4, -0.2) is 78.1 Å². The van der Waals surface area contributed by atoms with Gasteiger partial charge < -0.3 is 35.5 Å². The molecule has 0 unspecified atom stereocenters. The van der Waals surface area contributed by atoms with Crippen LogP contribution in [0, 0.1) is 0 Å². The first-order chi connectivity index (χ1) is 17.9. The monoisotopic (exact) mass is 500 g/mol. The van der Waals surface area contributed by atoms with Crippen molar-refractivity contribution in [3.05, 3.63) is 54.4 Å². The van der Waals surface area contributed by atoms with Crippen molar-refractivity contribution in [2.75, 3.05) is 64.3 Å². The number of carbonyl (C=O) groups is 1. The van der Waals surface area contributed by atoms with Gasteiger partial charge >= 0.3 is 0 Å². The third-order valence-electron chi connectivity index (χ3n) is 6.58. The number of nitrogens with zero attached hydrogens (tertiary/aromatic N) is 5. The summed E-state index contributed by atoms with van der Waals surface area (Å²) in [5.41, 5.74) is 11.5. The quantitative estimate of drug-likeness (QED) is 0.315. The number of nitrogen functional groups attached to an aromatic ring is 1. The van der Waals surface area contributed by atoms with Crippen LogP contribution in [0.4, 0.5) is 23.0 Å². The lowest BCUT2D eigenvalue weighted by molar-refractivity contribution is 0.0752. The van der Waals surface area contributed by atoms with E-state index in [2.05, 4.69) is 25.1 Å². The van der Waals surface area contributed by atoms with Gasteiger partial charge in [0.15, 0.2) is 0 Å². The molecule has 192 valence electrons. The molecular weight excluding hydrogens is 468 g/mol. The number of nitrogens with two attached hydrogens (primary N) is 1. The first-order valence-electron chi connectivity index (χ1n) is 12.2. The summed E-state index contributed by atoms with van der Waals surface area (Å²) >= 11 is 0. The lowest BCUT2D eigenvalue weighted by Crippen LogP contribution is -2.37. The number of rotatable bonds is 8. The molecule has 37 heavy (non-hydrogen) atoms. The summed E-state index contributed by atoms with van der Waals surface area (Å²) in [6.45, 7) is 3.03. The fourth-order valence-electron chi connectivity index (χ4n) is 4.66. The minimum atomic E-state index is -0.0163. The number of methoxy groups -OCH3 is 1. The van der Waals surface area contributed by atoms with E-state index < -0.39 is 0 Å². The maximum absolute atomic E-state index is 13.2. The zero-order chi connectivity index (χ0) is 26.1. The molecule has 4 aromatic rings. The third kappa shape index (κ3) is 4.63. The van der Waals surface area contributed by atoms with Crippen LogP contribution in [0.3, 0.4) is 0 Å². The topological polar surface area (TPSA) is 114 Å². The standard InChI is InChI=1S/C27H32N8O2/c1-33(2)12-11-29-20-16-23(37-4)21(15-18(20)28)32-27-30-10-9-19(31-27)24-17-7-5-6-8-22(17)35-14-13-34(3)26(36)25(24)35/h5-10,15-16,29H,11-14,28H2,1-4H3,(H,30,31,32). The summed E-state index contributed by atoms with van der Waals surface area (Å²) in [6, 6.07) is 13.6. The summed E-state index contributed by atoms with van der Waals surface area (Å²) in [4.78, 5) is 26.3. The fourth-order valence-corrected chi connectivity index (χ4v) is 4.66. The van der Waals surface area contributed by atoms with Crippen molar-refractivity contribution in [1.82, 2.24) is 24.3 Å². The predicted octanol–water partition coefficient (Wildman–Crippen LogP) is 3.49. The first-order valence-corrected chi connectivity index (χ1v) is 12.2. The van der Waals surface area contributed by atoms with Gasteiger partial charge in [0.25, 0.3) is 5.91 Å². The van der Waals surface area contributed by atoms with Crippen LogP contribution in [-0.2, 0) is 6.54 Å². The Labute approximate surface area is 216 Å². The second kappa shape index (κ2) is 9.98. The molecule has 0 bridgehead atoms. The van der Waals surface area contributed by atoms with Crippen LogP contribution in [0.25, 0.3) is 22.2 Å². The molecule has 2 aromatic heterocycles. The van der Waals surface area contributed by atoms with Crippen LogP contribution in [0.1, 0.15) is 10.5 Å². The van der Waals surface area contributed by atoms with E-state index in [9.17, 15) is 4.79 Å². The Bertz CT molecular complexity index is 1460. The molecule has 1 aliphatic rings. The lowest BCUT2D eigenvalue weighted by Gasteiger charge is -2.25. The van der Waals surface area contributed by atoms with Crippen LogP contribution in [0.2, 0.25) is 0 Å². The van der Waals surface area contributed by atoms with Crippen molar-refractivity contribution in [3.63, 3.8) is 0 Å². The molecule has 0 saturated carbocycles. The van der Waals surface area contributed by atoms with Gasteiger partial charge in [-0.2, -0.15) is 0 Å². The second-order valence-electron chi connectivity index (χ2n) is 9.38. The van der Waals surface area contributed by atoms with Crippen molar-refractivity contribution in [1.29, 1.82) is 0 Å². The summed E-state index contributed by atoms with van der Waals surface area (Å²) in [6.07, 6.45) is 1.69. The normalized spacial score (nSPS) is 13.2. The zero-order valence-corrected chi connectivity index (χ0v) is 21.6. The second-order valence-corrected chi connectivity index (χ2v) is 9.38. The van der Waals surface area contributed by atoms with E-state index in [4.69, 9.17) is 15.5 Å². The predicted molar refractivity (Wildman–Crippen MR) is 148 cm³/mol. The molecule has 3 heterocycles. The fraction of sp³-hybridized carbons (Fsp3) is 0.296. The first kappa shape index (κ1) is 24.4. The van der Waals surface area contributed by atoms with Gasteiger partial charge in [0, 0.05) is 62.0 Å². The Kier molecular flexibility index (Phi) is 6.58. The Balaban J connectivity index is 1.51. The van der Waals surface area contributed by atoms with Gasteiger partial charge in [-0.15, -0.1) is 0 Å². The molecule has 0 spiro atoms. The summed E-state index contributed by atoms with van der Waals surface area (Å²) in [5.74, 6) is 0.973. The molecule has 2 aromatic carbocycles. The number of ether oxygens (including phenoxy) is 1. The molecule has 10 nitrogen and oxygen atoms in total. The minimum absolute atomic E-state index is 0.0163. The molecule has 5 rings (SSSR count). The maximum Gasteiger partial charge on any atom is 0.271 e. The van der Waals surface area contributed by atoms with Gasteiger partial charge in [0.1, 0.15) is 11.4 Å². The molecule has 0 atom stereocenters. The van der Waals surface area contributed by atoms with E-state index in [1.165, 1.54) is 0 Å². The number of likely N-dealkylation sites (N-methyl/N-ethyl adjacent to an activating group) is 2. The molecule has 0 fully saturated rings. The van der Waals surface area contributed by atoms with Crippen molar-refractivity contribution in [2.24, 2.45) is 0 Å². The Morgan fingerprint density at radius 2 is 1.95 bits per heavy atom. The highest BCUT2D eigenvalue weighted by molar-refractivity contribution is 6.10. The average Bonchev–Trinajstić information content (AvgIpc) is 3.22. The van der Waals surface area contributed by atoms with Crippen LogP contribution >= 0.6 is 0 Å². The molecule has 0 aliphatic carbocycles. The average molecular weight is 501 g/mol. The van der Waals surface area contributed by atoms with E-state index in [1.807, 2.05) is 57.5 Å². The highest BCUT2D eigenvalue weighted by atomic mass is 16.5. The minimum Gasteiger partial charge on any atom is -0.494 e.